The molecule has 1 unspecified atom stereocenters. The number of hydrogen-bond acceptors (Lipinski definition) is 7. The van der Waals surface area contributed by atoms with Crippen LogP contribution >= 0.6 is 9.24 Å². The molecule has 35 heavy (non-hydrogen) atoms. The molecule has 8 nitrogen and oxygen atoms in total. The van der Waals surface area contributed by atoms with Crippen molar-refractivity contribution in [2.45, 2.75) is 20.4 Å². The van der Waals surface area contributed by atoms with Gasteiger partial charge in [0, 0.05) is 11.9 Å². The zero-order valence-corrected chi connectivity index (χ0v) is 20.6. The van der Waals surface area contributed by atoms with E-state index in [4.69, 9.17) is 16.6 Å². The predicted octanol–water partition coefficient (Wildman–Crippen LogP) is 3.37. The molecule has 176 valence electrons. The summed E-state index contributed by atoms with van der Waals surface area (Å²) in [5, 5.41) is 20.6. The lowest BCUT2D eigenvalue weighted by molar-refractivity contribution is 0.883. The van der Waals surface area contributed by atoms with E-state index >= 15 is 0 Å². The van der Waals surface area contributed by atoms with Gasteiger partial charge in [-0.05, 0) is 48.6 Å². The molecule has 0 saturated heterocycles. The normalized spacial score (nSPS) is 11.5. The van der Waals surface area contributed by atoms with Gasteiger partial charge < -0.3 is 16.5 Å². The highest BCUT2D eigenvalue weighted by Crippen LogP contribution is 2.22. The van der Waals surface area contributed by atoms with E-state index in [-0.39, 0.29) is 23.5 Å². The number of benzene rings is 2. The van der Waals surface area contributed by atoms with E-state index in [1.807, 2.05) is 62.4 Å². The number of fused-ring (bicyclic) bond motifs is 1. The summed E-state index contributed by atoms with van der Waals surface area (Å²) in [6, 6.07) is 15.6. The molecule has 0 fully saturated rings. The third kappa shape index (κ3) is 4.61. The lowest BCUT2D eigenvalue weighted by atomic mass is 10.1. The van der Waals surface area contributed by atoms with Gasteiger partial charge in [0.2, 0.25) is 0 Å². The molecule has 0 radical (unpaired) electrons. The van der Waals surface area contributed by atoms with Crippen LogP contribution in [0.4, 0.5) is 5.82 Å². The molecule has 0 saturated carbocycles. The summed E-state index contributed by atoms with van der Waals surface area (Å²) in [4.78, 5) is 22.3. The van der Waals surface area contributed by atoms with E-state index in [9.17, 15) is 4.79 Å². The first-order chi connectivity index (χ1) is 16.8. The predicted molar refractivity (Wildman–Crippen MR) is 146 cm³/mol. The molecule has 0 aliphatic rings. The number of aryl methyl sites for hydroxylation is 2. The maximum atomic E-state index is 13.8. The molecule has 4 rings (SSSR count). The Kier molecular flexibility index (Phi) is 6.85. The van der Waals surface area contributed by atoms with Crippen LogP contribution in [0.5, 0.6) is 0 Å². The lowest BCUT2D eigenvalue weighted by Crippen LogP contribution is -2.26. The first kappa shape index (κ1) is 24.0. The average Bonchev–Trinajstić information content (AvgIpc) is 2.83. The fraction of sp³-hybridized carbons (Fsp3) is 0.115. The summed E-state index contributed by atoms with van der Waals surface area (Å²) >= 11 is 0. The van der Waals surface area contributed by atoms with Crippen LogP contribution in [0.1, 0.15) is 22.4 Å². The summed E-state index contributed by atoms with van der Waals surface area (Å²) < 4.78 is 1.73. The number of nitrogens with zero attached hydrogens (tertiary/aromatic N) is 3. The van der Waals surface area contributed by atoms with Gasteiger partial charge in [-0.25, -0.2) is 9.97 Å². The largest absolute Gasteiger partial charge is 0.397 e. The van der Waals surface area contributed by atoms with Crippen molar-refractivity contribution in [1.29, 1.82) is 10.8 Å². The fourth-order valence-corrected chi connectivity index (χ4v) is 4.42. The first-order valence-electron chi connectivity index (χ1n) is 10.9. The van der Waals surface area contributed by atoms with Crippen LogP contribution in [0.2, 0.25) is 0 Å². The van der Waals surface area contributed by atoms with Crippen molar-refractivity contribution in [3.05, 3.63) is 99.4 Å². The van der Waals surface area contributed by atoms with Crippen molar-refractivity contribution in [1.82, 2.24) is 14.5 Å². The number of rotatable bonds is 7. The van der Waals surface area contributed by atoms with E-state index in [0.717, 1.165) is 34.1 Å². The van der Waals surface area contributed by atoms with Gasteiger partial charge in [0.1, 0.15) is 12.1 Å². The zero-order chi connectivity index (χ0) is 25.1. The third-order valence-corrected chi connectivity index (χ3v) is 6.24. The van der Waals surface area contributed by atoms with E-state index in [0.29, 0.717) is 22.2 Å². The van der Waals surface area contributed by atoms with Crippen molar-refractivity contribution in [3.63, 3.8) is 0 Å². The minimum absolute atomic E-state index is 0.00651. The highest BCUT2D eigenvalue weighted by atomic mass is 31.0. The quantitative estimate of drug-likeness (QED) is 0.236. The fourth-order valence-electron chi connectivity index (χ4n) is 4.07. The second-order valence-corrected chi connectivity index (χ2v) is 8.65. The number of pyridine rings is 1. The van der Waals surface area contributed by atoms with E-state index in [1.165, 1.54) is 12.4 Å². The highest BCUT2D eigenvalue weighted by molar-refractivity contribution is 7.27. The van der Waals surface area contributed by atoms with E-state index in [2.05, 4.69) is 24.5 Å². The SMILES string of the molecule is Cc1ccccc1-n1c(CNc2ncnc(P)c2C(=N)/C(N)=C/C=N)cc2cccc(C)c2c1=O. The Morgan fingerprint density at radius 2 is 1.89 bits per heavy atom. The van der Waals surface area contributed by atoms with Gasteiger partial charge in [0.15, 0.2) is 0 Å². The zero-order valence-electron chi connectivity index (χ0n) is 19.5. The van der Waals surface area contributed by atoms with Gasteiger partial charge in [-0.3, -0.25) is 14.8 Å². The molecule has 2 heterocycles. The smallest absolute Gasteiger partial charge is 0.263 e. The number of aromatic nitrogens is 3. The van der Waals surface area contributed by atoms with Crippen molar-refractivity contribution in [3.8, 4) is 5.69 Å². The number of para-hydroxylation sites is 1. The molecular formula is C26H26N7OP. The van der Waals surface area contributed by atoms with Crippen LogP contribution in [-0.4, -0.2) is 26.5 Å². The molecular weight excluding hydrogens is 457 g/mol. The Hall–Kier alpha value is -4.16. The Labute approximate surface area is 205 Å². The Balaban J connectivity index is 1.85. The van der Waals surface area contributed by atoms with Crippen LogP contribution in [0, 0.1) is 24.7 Å². The molecule has 4 aromatic rings. The van der Waals surface area contributed by atoms with Gasteiger partial charge in [0.05, 0.1) is 40.0 Å². The van der Waals surface area contributed by atoms with Gasteiger partial charge in [-0.1, -0.05) is 45.6 Å². The second-order valence-electron chi connectivity index (χ2n) is 8.10. The molecule has 2 aromatic heterocycles. The van der Waals surface area contributed by atoms with Crippen LogP contribution in [0.3, 0.4) is 0 Å². The molecule has 0 aliphatic carbocycles. The van der Waals surface area contributed by atoms with Crippen LogP contribution in [0.15, 0.2) is 71.4 Å². The summed E-state index contributed by atoms with van der Waals surface area (Å²) in [7, 11) is 2.49. The number of allylic oxidation sites excluding steroid dienone is 2. The minimum atomic E-state index is -0.0905. The maximum Gasteiger partial charge on any atom is 0.263 e. The molecule has 0 bridgehead atoms. The summed E-state index contributed by atoms with van der Waals surface area (Å²) in [6.45, 7) is 4.18. The molecule has 0 aliphatic heterocycles. The van der Waals surface area contributed by atoms with Crippen LogP contribution in [-0.2, 0) is 6.54 Å². The van der Waals surface area contributed by atoms with Crippen molar-refractivity contribution >= 4 is 43.2 Å². The molecule has 5 N–H and O–H groups in total. The van der Waals surface area contributed by atoms with Crippen molar-refractivity contribution in [2.75, 3.05) is 5.32 Å². The molecule has 1 atom stereocenters. The lowest BCUT2D eigenvalue weighted by Gasteiger charge is -2.19. The molecule has 0 spiro atoms. The molecule has 0 amide bonds. The van der Waals surface area contributed by atoms with Crippen LogP contribution < -0.4 is 22.0 Å². The van der Waals surface area contributed by atoms with Gasteiger partial charge in [0.25, 0.3) is 5.56 Å². The number of hydrogen-bond donors (Lipinski definition) is 4. The van der Waals surface area contributed by atoms with Crippen molar-refractivity contribution in [2.24, 2.45) is 5.73 Å². The monoisotopic (exact) mass is 483 g/mol. The number of nitrogens with one attached hydrogen (secondary N) is 3. The van der Waals surface area contributed by atoms with E-state index < -0.39 is 0 Å². The van der Waals surface area contributed by atoms with Gasteiger partial charge >= 0.3 is 0 Å². The Bertz CT molecular complexity index is 1560. The minimum Gasteiger partial charge on any atom is -0.397 e. The number of nitrogens with two attached hydrogens (primary N) is 1. The first-order valence-corrected chi connectivity index (χ1v) is 11.5. The van der Waals surface area contributed by atoms with E-state index in [1.54, 1.807) is 4.57 Å². The number of anilines is 1. The molecule has 9 heteroatoms. The summed E-state index contributed by atoms with van der Waals surface area (Å²) in [6.07, 6.45) is 3.77. The van der Waals surface area contributed by atoms with Crippen LogP contribution in [0.25, 0.3) is 16.5 Å². The summed E-state index contributed by atoms with van der Waals surface area (Å²) in [5.74, 6) is 0.407. The maximum absolute atomic E-state index is 13.8. The third-order valence-electron chi connectivity index (χ3n) is 5.80. The average molecular weight is 484 g/mol. The summed E-state index contributed by atoms with van der Waals surface area (Å²) in [5.41, 5.74) is 10.4. The standard InChI is InChI=1S/C26H26N7OP/c1-15-6-3-4-9-20(15)33-18(12-17-8-5-7-16(2)21(17)26(33)34)13-30-24-22(25(35)32-14-31-24)23(29)19(28)10-11-27/h3-12,14,27,29H,13,28,35H2,1-2H3,(H,30,31,32)/b19-10-,27-11?,29-23?. The van der Waals surface area contributed by atoms with Gasteiger partial charge in [-0.15, -0.1) is 0 Å². The Morgan fingerprint density at radius 1 is 1.14 bits per heavy atom. The molecule has 2 aromatic carbocycles. The van der Waals surface area contributed by atoms with Gasteiger partial charge in [-0.2, -0.15) is 0 Å². The topological polar surface area (TPSA) is 134 Å². The second kappa shape index (κ2) is 9.99. The Morgan fingerprint density at radius 3 is 2.63 bits per heavy atom. The van der Waals surface area contributed by atoms with Crippen molar-refractivity contribution < 1.29 is 0 Å². The highest BCUT2D eigenvalue weighted by Gasteiger charge is 2.18.